The highest BCUT2D eigenvalue weighted by atomic mass is 127. The molecule has 0 aliphatic rings. The minimum absolute atomic E-state index is 0. The highest BCUT2D eigenvalue weighted by Crippen LogP contribution is 2.15. The van der Waals surface area contributed by atoms with E-state index in [2.05, 4.69) is 39.7 Å². The Kier molecular flexibility index (Phi) is 8.95. The zero-order valence-corrected chi connectivity index (χ0v) is 18.0. The zero-order valence-electron chi connectivity index (χ0n) is 15.7. The summed E-state index contributed by atoms with van der Waals surface area (Å²) in [7, 11) is 1.95. The van der Waals surface area contributed by atoms with Gasteiger partial charge in [-0.2, -0.15) is 0 Å². The molecule has 8 heteroatoms. The highest BCUT2D eigenvalue weighted by Gasteiger charge is 2.12. The van der Waals surface area contributed by atoms with Crippen LogP contribution in [0.15, 0.2) is 21.5 Å². The van der Waals surface area contributed by atoms with E-state index in [1.165, 1.54) is 0 Å². The summed E-state index contributed by atoms with van der Waals surface area (Å²) in [5.41, 5.74) is 0. The molecule has 0 radical (unpaired) electrons. The maximum atomic E-state index is 5.69. The van der Waals surface area contributed by atoms with Crippen LogP contribution in [-0.2, 0) is 13.6 Å². The van der Waals surface area contributed by atoms with E-state index in [0.29, 0.717) is 6.54 Å². The molecule has 0 bridgehead atoms. The number of furan rings is 1. The molecule has 140 valence electrons. The first-order valence-corrected chi connectivity index (χ1v) is 8.47. The number of guanidine groups is 1. The Balaban J connectivity index is 0.00000312. The third-order valence-electron chi connectivity index (χ3n) is 3.93. The lowest BCUT2D eigenvalue weighted by Crippen LogP contribution is -2.39. The predicted molar refractivity (Wildman–Crippen MR) is 110 cm³/mol. The lowest BCUT2D eigenvalue weighted by Gasteiger charge is -2.16. The van der Waals surface area contributed by atoms with Crippen LogP contribution >= 0.6 is 24.0 Å². The Labute approximate surface area is 166 Å². The Morgan fingerprint density at radius 2 is 2.08 bits per heavy atom. The Morgan fingerprint density at radius 1 is 1.32 bits per heavy atom. The number of hydrogen-bond donors (Lipinski definition) is 2. The largest absolute Gasteiger partial charge is 0.464 e. The van der Waals surface area contributed by atoms with Crippen molar-refractivity contribution in [2.24, 2.45) is 12.0 Å². The van der Waals surface area contributed by atoms with Crippen LogP contribution in [0.25, 0.3) is 0 Å². The molecule has 7 nitrogen and oxygen atoms in total. The number of aromatic nitrogens is 3. The molecule has 0 aromatic carbocycles. The number of nitrogens with zero attached hydrogens (tertiary/aromatic N) is 4. The van der Waals surface area contributed by atoms with E-state index in [0.717, 1.165) is 48.5 Å². The Morgan fingerprint density at radius 3 is 2.64 bits per heavy atom. The van der Waals surface area contributed by atoms with Gasteiger partial charge < -0.3 is 19.6 Å². The summed E-state index contributed by atoms with van der Waals surface area (Å²) in [6.07, 6.45) is 2.23. The molecule has 0 saturated carbocycles. The first-order chi connectivity index (χ1) is 11.5. The molecule has 2 aromatic heterocycles. The molecule has 0 amide bonds. The average Bonchev–Trinajstić information content (AvgIpc) is 3.12. The topological polar surface area (TPSA) is 80.3 Å². The molecule has 25 heavy (non-hydrogen) atoms. The van der Waals surface area contributed by atoms with Gasteiger partial charge in [0.25, 0.3) is 0 Å². The van der Waals surface area contributed by atoms with Crippen molar-refractivity contribution in [1.82, 2.24) is 25.4 Å². The fraction of sp³-hybridized carbons (Fsp3) is 0.588. The number of unbranched alkanes of at least 4 members (excludes halogenated alkanes) is 1. The fourth-order valence-corrected chi connectivity index (χ4v) is 2.24. The van der Waals surface area contributed by atoms with Gasteiger partial charge in [-0.1, -0.05) is 13.3 Å². The Hall–Kier alpha value is -1.58. The predicted octanol–water partition coefficient (Wildman–Crippen LogP) is 3.24. The average molecular weight is 460 g/mol. The molecular formula is C17H29IN6O. The second-order valence-electron chi connectivity index (χ2n) is 5.98. The molecule has 1 unspecified atom stereocenters. The summed E-state index contributed by atoms with van der Waals surface area (Å²) < 4.78 is 7.64. The lowest BCUT2D eigenvalue weighted by molar-refractivity contribution is 0.441. The summed E-state index contributed by atoms with van der Waals surface area (Å²) in [6, 6.07) is 3.99. The number of rotatable bonds is 7. The zero-order chi connectivity index (χ0) is 17.5. The SMILES string of the molecule is CCCCNC(=NCc1nnc(C)n1C)NC(C)c1ccc(C)o1.I. The molecule has 2 heterocycles. The van der Waals surface area contributed by atoms with Crippen molar-refractivity contribution in [3.05, 3.63) is 35.3 Å². The third-order valence-corrected chi connectivity index (χ3v) is 3.93. The van der Waals surface area contributed by atoms with Crippen molar-refractivity contribution >= 4 is 29.9 Å². The first-order valence-electron chi connectivity index (χ1n) is 8.47. The summed E-state index contributed by atoms with van der Waals surface area (Å²) in [5, 5.41) is 15.0. The van der Waals surface area contributed by atoms with Crippen LogP contribution in [0.3, 0.4) is 0 Å². The first kappa shape index (κ1) is 21.5. The molecule has 2 aromatic rings. The molecule has 0 spiro atoms. The number of nitrogens with one attached hydrogen (secondary N) is 2. The van der Waals surface area contributed by atoms with Crippen molar-refractivity contribution in [2.45, 2.75) is 53.1 Å². The summed E-state index contributed by atoms with van der Waals surface area (Å²) in [5.74, 6) is 4.28. The molecule has 0 aliphatic carbocycles. The maximum Gasteiger partial charge on any atom is 0.192 e. The van der Waals surface area contributed by atoms with Gasteiger partial charge >= 0.3 is 0 Å². The van der Waals surface area contributed by atoms with Gasteiger partial charge in [-0.3, -0.25) is 0 Å². The molecule has 1 atom stereocenters. The lowest BCUT2D eigenvalue weighted by atomic mass is 10.2. The van der Waals surface area contributed by atoms with Gasteiger partial charge in [0.05, 0.1) is 6.04 Å². The van der Waals surface area contributed by atoms with E-state index < -0.39 is 0 Å². The smallest absolute Gasteiger partial charge is 0.192 e. The monoisotopic (exact) mass is 460 g/mol. The van der Waals surface area contributed by atoms with Crippen molar-refractivity contribution < 1.29 is 4.42 Å². The summed E-state index contributed by atoms with van der Waals surface area (Å²) in [4.78, 5) is 4.64. The maximum absolute atomic E-state index is 5.69. The van der Waals surface area contributed by atoms with Crippen LogP contribution in [0.2, 0.25) is 0 Å². The molecular weight excluding hydrogens is 431 g/mol. The summed E-state index contributed by atoms with van der Waals surface area (Å²) in [6.45, 7) is 9.46. The molecule has 0 fully saturated rings. The van der Waals surface area contributed by atoms with Gasteiger partial charge in [-0.25, -0.2) is 4.99 Å². The van der Waals surface area contributed by atoms with Crippen LogP contribution in [0.5, 0.6) is 0 Å². The van der Waals surface area contributed by atoms with Gasteiger partial charge in [0, 0.05) is 13.6 Å². The van der Waals surface area contributed by atoms with E-state index in [1.807, 2.05) is 37.6 Å². The van der Waals surface area contributed by atoms with Crippen LogP contribution in [0.4, 0.5) is 0 Å². The molecule has 0 saturated heterocycles. The van der Waals surface area contributed by atoms with E-state index in [4.69, 9.17) is 4.42 Å². The van der Waals surface area contributed by atoms with E-state index in [-0.39, 0.29) is 30.0 Å². The minimum atomic E-state index is 0. The Bertz CT molecular complexity index is 678. The van der Waals surface area contributed by atoms with E-state index in [9.17, 15) is 0 Å². The normalized spacial score (nSPS) is 12.6. The van der Waals surface area contributed by atoms with Gasteiger partial charge in [-0.15, -0.1) is 34.2 Å². The number of aliphatic imine (C=N–C) groups is 1. The van der Waals surface area contributed by atoms with Gasteiger partial charge in [0.2, 0.25) is 0 Å². The number of hydrogen-bond acceptors (Lipinski definition) is 4. The van der Waals surface area contributed by atoms with Crippen LogP contribution in [0, 0.1) is 13.8 Å². The highest BCUT2D eigenvalue weighted by molar-refractivity contribution is 14.0. The van der Waals surface area contributed by atoms with Crippen molar-refractivity contribution in [2.75, 3.05) is 6.54 Å². The van der Waals surface area contributed by atoms with Crippen LogP contribution < -0.4 is 10.6 Å². The van der Waals surface area contributed by atoms with Crippen molar-refractivity contribution in [1.29, 1.82) is 0 Å². The second kappa shape index (κ2) is 10.4. The minimum Gasteiger partial charge on any atom is -0.464 e. The second-order valence-corrected chi connectivity index (χ2v) is 5.98. The fourth-order valence-electron chi connectivity index (χ4n) is 2.24. The van der Waals surface area contributed by atoms with Crippen LogP contribution in [0.1, 0.15) is 55.9 Å². The molecule has 0 aliphatic heterocycles. The quantitative estimate of drug-likeness (QED) is 0.287. The van der Waals surface area contributed by atoms with Gasteiger partial charge in [0.1, 0.15) is 23.9 Å². The van der Waals surface area contributed by atoms with E-state index >= 15 is 0 Å². The van der Waals surface area contributed by atoms with Gasteiger partial charge in [0.15, 0.2) is 11.8 Å². The molecule has 2 rings (SSSR count). The third kappa shape index (κ3) is 6.33. The standard InChI is InChI=1S/C17H28N6O.HI/c1-6-7-10-18-17(19-11-16-22-21-14(4)23(16)5)20-13(3)15-9-8-12(2)24-15;/h8-9,13H,6-7,10-11H2,1-5H3,(H2,18,19,20);1H. The number of aryl methyl sites for hydroxylation is 2. The van der Waals surface area contributed by atoms with Crippen molar-refractivity contribution in [3.63, 3.8) is 0 Å². The van der Waals surface area contributed by atoms with Gasteiger partial charge in [-0.05, 0) is 39.3 Å². The summed E-state index contributed by atoms with van der Waals surface area (Å²) >= 11 is 0. The van der Waals surface area contributed by atoms with Crippen LogP contribution in [-0.4, -0.2) is 27.3 Å². The van der Waals surface area contributed by atoms with Crippen molar-refractivity contribution in [3.8, 4) is 0 Å². The van der Waals surface area contributed by atoms with E-state index in [1.54, 1.807) is 0 Å². The number of halogens is 1. The molecule has 2 N–H and O–H groups in total.